The van der Waals surface area contributed by atoms with Crippen molar-refractivity contribution in [2.75, 3.05) is 6.61 Å². The summed E-state index contributed by atoms with van der Waals surface area (Å²) in [5.74, 6) is 0.239. The third-order valence-corrected chi connectivity index (χ3v) is 2.81. The van der Waals surface area contributed by atoms with Crippen LogP contribution in [0.2, 0.25) is 0 Å². The van der Waals surface area contributed by atoms with Gasteiger partial charge in [0.25, 0.3) is 0 Å². The van der Waals surface area contributed by atoms with Crippen molar-refractivity contribution in [3.05, 3.63) is 0 Å². The summed E-state index contributed by atoms with van der Waals surface area (Å²) >= 11 is 5.07. The summed E-state index contributed by atoms with van der Waals surface area (Å²) in [6, 6.07) is 0. The molecule has 0 aromatic heterocycles. The summed E-state index contributed by atoms with van der Waals surface area (Å²) in [7, 11) is 0. The van der Waals surface area contributed by atoms with Crippen molar-refractivity contribution >= 4 is 17.3 Å². The molecule has 90 valence electrons. The maximum Gasteiger partial charge on any atom is 0.159 e. The molecule has 0 radical (unpaired) electrons. The molecule has 15 heavy (non-hydrogen) atoms. The van der Waals surface area contributed by atoms with Crippen molar-refractivity contribution in [2.24, 2.45) is 11.3 Å². The van der Waals surface area contributed by atoms with E-state index >= 15 is 0 Å². The average Bonchev–Trinajstić information content (AvgIpc) is 2.14. The van der Waals surface area contributed by atoms with E-state index in [1.165, 1.54) is 0 Å². The highest BCUT2D eigenvalue weighted by Gasteiger charge is 2.31. The highest BCUT2D eigenvalue weighted by Crippen LogP contribution is 2.26. The topological polar surface area (TPSA) is 29.5 Å². The molecular weight excluding hydrogens is 208 g/mol. The molecule has 1 N–H and O–H groups in total. The quantitative estimate of drug-likeness (QED) is 0.713. The number of hydrogen-bond donors (Lipinski definition) is 1. The molecule has 0 aromatic carbocycles. The van der Waals surface area contributed by atoms with Gasteiger partial charge in [-0.25, -0.2) is 0 Å². The Morgan fingerprint density at radius 1 is 1.40 bits per heavy atom. The van der Waals surface area contributed by atoms with Gasteiger partial charge in [-0.05, 0) is 24.6 Å². The summed E-state index contributed by atoms with van der Waals surface area (Å²) in [5, 5.41) is 10.6. The summed E-state index contributed by atoms with van der Waals surface area (Å²) in [5.41, 5.74) is -0.244. The Morgan fingerprint density at radius 3 is 2.33 bits per heavy atom. The maximum absolute atomic E-state index is 9.97. The molecule has 0 aliphatic rings. The van der Waals surface area contributed by atoms with Crippen LogP contribution in [0.1, 0.15) is 47.5 Å². The molecule has 0 aliphatic heterocycles. The monoisotopic (exact) mass is 232 g/mol. The number of ether oxygens (including phenoxy) is 1. The van der Waals surface area contributed by atoms with Crippen molar-refractivity contribution in [2.45, 2.75) is 53.6 Å². The van der Waals surface area contributed by atoms with Gasteiger partial charge in [-0.3, -0.25) is 0 Å². The van der Waals surface area contributed by atoms with Crippen LogP contribution in [0.5, 0.6) is 0 Å². The second kappa shape index (κ2) is 6.44. The molecule has 1 atom stereocenters. The summed E-state index contributed by atoms with van der Waals surface area (Å²) in [6.45, 7) is 10.6. The molecule has 0 amide bonds. The Balaban J connectivity index is 4.09. The number of rotatable bonds is 6. The lowest BCUT2D eigenvalue weighted by atomic mass is 9.81. The van der Waals surface area contributed by atoms with E-state index in [2.05, 4.69) is 6.92 Å². The SMILES string of the molecule is CCCC(=S)OCC(C)(C)C(O)C(C)C. The first-order chi connectivity index (χ1) is 6.81. The Morgan fingerprint density at radius 2 is 1.93 bits per heavy atom. The lowest BCUT2D eigenvalue weighted by molar-refractivity contribution is -0.0167. The number of aliphatic hydroxyl groups excluding tert-OH is 1. The molecule has 0 fully saturated rings. The predicted octanol–water partition coefficient (Wildman–Crippen LogP) is 3.17. The lowest BCUT2D eigenvalue weighted by Gasteiger charge is -2.32. The normalized spacial score (nSPS) is 14.1. The van der Waals surface area contributed by atoms with Gasteiger partial charge < -0.3 is 9.84 Å². The van der Waals surface area contributed by atoms with E-state index in [9.17, 15) is 5.11 Å². The van der Waals surface area contributed by atoms with Gasteiger partial charge in [0, 0.05) is 11.8 Å². The summed E-state index contributed by atoms with van der Waals surface area (Å²) in [6.07, 6.45) is 1.47. The first-order valence-corrected chi connectivity index (χ1v) is 6.05. The molecule has 1 unspecified atom stereocenters. The fraction of sp³-hybridized carbons (Fsp3) is 0.917. The van der Waals surface area contributed by atoms with Crippen LogP contribution in [0.4, 0.5) is 0 Å². The highest BCUT2D eigenvalue weighted by atomic mass is 32.1. The molecule has 2 nitrogen and oxygen atoms in total. The van der Waals surface area contributed by atoms with Crippen LogP contribution in [0.25, 0.3) is 0 Å². The minimum atomic E-state index is -0.359. The molecule has 0 aliphatic carbocycles. The van der Waals surface area contributed by atoms with E-state index in [0.717, 1.165) is 12.8 Å². The first-order valence-electron chi connectivity index (χ1n) is 5.65. The first kappa shape index (κ1) is 14.8. The van der Waals surface area contributed by atoms with Gasteiger partial charge in [0.1, 0.15) is 0 Å². The fourth-order valence-corrected chi connectivity index (χ4v) is 1.79. The van der Waals surface area contributed by atoms with Crippen molar-refractivity contribution in [3.63, 3.8) is 0 Å². The van der Waals surface area contributed by atoms with Crippen LogP contribution in [0, 0.1) is 11.3 Å². The number of aliphatic hydroxyl groups is 1. The van der Waals surface area contributed by atoms with Gasteiger partial charge in [-0.1, -0.05) is 34.6 Å². The molecule has 0 bridgehead atoms. The Bertz CT molecular complexity index is 200. The zero-order valence-corrected chi connectivity index (χ0v) is 11.4. The Hall–Kier alpha value is -0.150. The molecule has 0 heterocycles. The average molecular weight is 232 g/mol. The standard InChI is InChI=1S/C12H24O2S/c1-6-7-10(15)14-8-12(4,5)11(13)9(2)3/h9,11,13H,6-8H2,1-5H3. The minimum Gasteiger partial charge on any atom is -0.486 e. The predicted molar refractivity (Wildman–Crippen MR) is 68.1 cm³/mol. The van der Waals surface area contributed by atoms with Crippen LogP contribution >= 0.6 is 12.2 Å². The van der Waals surface area contributed by atoms with E-state index in [0.29, 0.717) is 11.7 Å². The van der Waals surface area contributed by atoms with E-state index in [1.807, 2.05) is 27.7 Å². The van der Waals surface area contributed by atoms with Crippen LogP contribution in [-0.4, -0.2) is 22.9 Å². The molecule has 0 saturated heterocycles. The van der Waals surface area contributed by atoms with Gasteiger partial charge in [-0.2, -0.15) is 0 Å². The van der Waals surface area contributed by atoms with Crippen LogP contribution in [0.15, 0.2) is 0 Å². The smallest absolute Gasteiger partial charge is 0.159 e. The fourth-order valence-electron chi connectivity index (χ4n) is 1.53. The minimum absolute atomic E-state index is 0.239. The van der Waals surface area contributed by atoms with Gasteiger partial charge in [0.05, 0.1) is 12.7 Å². The van der Waals surface area contributed by atoms with E-state index in [-0.39, 0.29) is 17.4 Å². The number of thiocarbonyl (C=S) groups is 1. The van der Waals surface area contributed by atoms with Crippen molar-refractivity contribution in [1.82, 2.24) is 0 Å². The summed E-state index contributed by atoms with van der Waals surface area (Å²) < 4.78 is 5.49. The largest absolute Gasteiger partial charge is 0.486 e. The van der Waals surface area contributed by atoms with E-state index in [4.69, 9.17) is 17.0 Å². The molecular formula is C12H24O2S. The zero-order chi connectivity index (χ0) is 12.1. The second-order valence-corrected chi connectivity index (χ2v) is 5.54. The zero-order valence-electron chi connectivity index (χ0n) is 10.5. The van der Waals surface area contributed by atoms with Gasteiger partial charge in [0.15, 0.2) is 5.05 Å². The van der Waals surface area contributed by atoms with E-state index in [1.54, 1.807) is 0 Å². The van der Waals surface area contributed by atoms with Crippen molar-refractivity contribution < 1.29 is 9.84 Å². The van der Waals surface area contributed by atoms with Gasteiger partial charge >= 0.3 is 0 Å². The lowest BCUT2D eigenvalue weighted by Crippen LogP contribution is -2.38. The van der Waals surface area contributed by atoms with Crippen LogP contribution < -0.4 is 0 Å². The van der Waals surface area contributed by atoms with E-state index < -0.39 is 0 Å². The van der Waals surface area contributed by atoms with Gasteiger partial charge in [-0.15, -0.1) is 0 Å². The Labute approximate surface area is 99.0 Å². The number of hydrogen-bond acceptors (Lipinski definition) is 3. The third kappa shape index (κ3) is 5.47. The van der Waals surface area contributed by atoms with Gasteiger partial charge in [0.2, 0.25) is 0 Å². The molecule has 0 spiro atoms. The van der Waals surface area contributed by atoms with Crippen LogP contribution in [-0.2, 0) is 4.74 Å². The molecule has 0 saturated carbocycles. The van der Waals surface area contributed by atoms with Crippen molar-refractivity contribution in [1.29, 1.82) is 0 Å². The summed E-state index contributed by atoms with van der Waals surface area (Å²) in [4.78, 5) is 0. The molecule has 0 aromatic rings. The van der Waals surface area contributed by atoms with Crippen LogP contribution in [0.3, 0.4) is 0 Å². The third-order valence-electron chi connectivity index (χ3n) is 2.49. The maximum atomic E-state index is 9.97. The molecule has 0 rings (SSSR count). The molecule has 3 heteroatoms. The van der Waals surface area contributed by atoms with Crippen molar-refractivity contribution in [3.8, 4) is 0 Å². The Kier molecular flexibility index (Phi) is 6.37. The highest BCUT2D eigenvalue weighted by molar-refractivity contribution is 7.80. The second-order valence-electron chi connectivity index (χ2n) is 5.09.